The van der Waals surface area contributed by atoms with E-state index in [2.05, 4.69) is 22.8 Å². The van der Waals surface area contributed by atoms with E-state index < -0.39 is 0 Å². The Labute approximate surface area is 73.8 Å². The first-order chi connectivity index (χ1) is 5.70. The molecule has 1 N–H and O–H groups in total. The number of hydrogen-bond donors (Lipinski definition) is 2. The van der Waals surface area contributed by atoms with Gasteiger partial charge in [-0.3, -0.25) is 8.77 Å². The molecule has 2 aromatic heterocycles. The van der Waals surface area contributed by atoms with Crippen LogP contribution in [0.25, 0.3) is 11.0 Å². The number of nitrogens with zero attached hydrogens (tertiary/aromatic N) is 2. The van der Waals surface area contributed by atoms with E-state index in [1.807, 2.05) is 0 Å². The lowest BCUT2D eigenvalue weighted by Crippen LogP contribution is -2.06. The Kier molecular flexibility index (Phi) is 1.47. The summed E-state index contributed by atoms with van der Waals surface area (Å²) >= 11 is 4.12. The maximum atomic E-state index is 11.2. The lowest BCUT2D eigenvalue weighted by atomic mass is 10.4. The monoisotopic (exact) mass is 181 g/mol. The summed E-state index contributed by atoms with van der Waals surface area (Å²) < 4.78 is 1.48. The molecule has 0 aliphatic heterocycles. The maximum Gasteiger partial charge on any atom is 0.275 e. The van der Waals surface area contributed by atoms with Crippen LogP contribution in [0.2, 0.25) is 0 Å². The molecule has 0 amide bonds. The Morgan fingerprint density at radius 1 is 1.67 bits per heavy atom. The molecular weight excluding hydrogens is 174 g/mol. The number of rotatable bonds is 0. The van der Waals surface area contributed by atoms with Gasteiger partial charge < -0.3 is 4.98 Å². The summed E-state index contributed by atoms with van der Waals surface area (Å²) in [5.74, 6) is 0.713. The van der Waals surface area contributed by atoms with Crippen LogP contribution in [0.1, 0.15) is 5.82 Å². The van der Waals surface area contributed by atoms with Crippen molar-refractivity contribution < 1.29 is 0 Å². The van der Waals surface area contributed by atoms with Gasteiger partial charge >= 0.3 is 0 Å². The highest BCUT2D eigenvalue weighted by Crippen LogP contribution is 2.10. The van der Waals surface area contributed by atoms with Gasteiger partial charge in [-0.2, -0.15) is 0 Å². The number of nitrogens with one attached hydrogen (secondary N) is 1. The first-order valence-electron chi connectivity index (χ1n) is 3.46. The van der Waals surface area contributed by atoms with Crippen molar-refractivity contribution in [1.29, 1.82) is 0 Å². The fourth-order valence-electron chi connectivity index (χ4n) is 1.14. The third kappa shape index (κ3) is 0.863. The van der Waals surface area contributed by atoms with Crippen molar-refractivity contribution in [2.24, 2.45) is 0 Å². The number of H-pyrrole nitrogens is 1. The second-order valence-electron chi connectivity index (χ2n) is 2.51. The van der Waals surface area contributed by atoms with Crippen molar-refractivity contribution in [2.75, 3.05) is 0 Å². The van der Waals surface area contributed by atoms with Crippen LogP contribution >= 0.6 is 12.8 Å². The van der Waals surface area contributed by atoms with Crippen LogP contribution in [0.4, 0.5) is 0 Å². The van der Waals surface area contributed by atoms with Gasteiger partial charge in [0.05, 0.1) is 5.52 Å². The number of aromatic amines is 1. The largest absolute Gasteiger partial charge is 0.327 e. The number of fused-ring (bicyclic) bond motifs is 1. The standard InChI is InChI=1S/C7H7N3OS/c1-4-9-5-2-3-8-7(11)6(5)10(4)12/h2-3,12H,1H3,(H,8,11). The minimum Gasteiger partial charge on any atom is -0.327 e. The molecule has 12 heavy (non-hydrogen) atoms. The highest BCUT2D eigenvalue weighted by molar-refractivity contribution is 7.78. The molecule has 0 atom stereocenters. The van der Waals surface area contributed by atoms with Crippen molar-refractivity contribution >= 4 is 23.8 Å². The van der Waals surface area contributed by atoms with E-state index in [0.717, 1.165) is 0 Å². The average molecular weight is 181 g/mol. The van der Waals surface area contributed by atoms with Gasteiger partial charge in [0.25, 0.3) is 5.56 Å². The van der Waals surface area contributed by atoms with Crippen LogP contribution < -0.4 is 5.56 Å². The summed E-state index contributed by atoms with van der Waals surface area (Å²) in [4.78, 5) is 18.0. The minimum atomic E-state index is -0.164. The Bertz CT molecular complexity index is 485. The van der Waals surface area contributed by atoms with Gasteiger partial charge in [-0.15, -0.1) is 0 Å². The van der Waals surface area contributed by atoms with E-state index in [0.29, 0.717) is 16.9 Å². The van der Waals surface area contributed by atoms with E-state index in [4.69, 9.17) is 0 Å². The van der Waals surface area contributed by atoms with Crippen LogP contribution in [-0.4, -0.2) is 13.9 Å². The molecule has 2 aromatic rings. The predicted octanol–water partition coefficient (Wildman–Crippen LogP) is 0.726. The molecule has 0 aromatic carbocycles. The van der Waals surface area contributed by atoms with Gasteiger partial charge in [0.1, 0.15) is 11.3 Å². The summed E-state index contributed by atoms with van der Waals surface area (Å²) in [6.45, 7) is 1.80. The zero-order valence-corrected chi connectivity index (χ0v) is 7.30. The molecule has 0 fully saturated rings. The summed E-state index contributed by atoms with van der Waals surface area (Å²) in [7, 11) is 0. The number of imidazole rings is 1. The van der Waals surface area contributed by atoms with Gasteiger partial charge in [-0.1, -0.05) is 12.8 Å². The van der Waals surface area contributed by atoms with Crippen LogP contribution in [0.3, 0.4) is 0 Å². The topological polar surface area (TPSA) is 50.7 Å². The van der Waals surface area contributed by atoms with Crippen LogP contribution in [0, 0.1) is 6.92 Å². The van der Waals surface area contributed by atoms with Gasteiger partial charge in [-0.05, 0) is 13.0 Å². The molecule has 2 rings (SSSR count). The molecule has 0 saturated carbocycles. The van der Waals surface area contributed by atoms with E-state index in [-0.39, 0.29) is 5.56 Å². The molecule has 0 aliphatic carbocycles. The normalized spacial score (nSPS) is 10.8. The lowest BCUT2D eigenvalue weighted by Gasteiger charge is -1.91. The summed E-state index contributed by atoms with van der Waals surface area (Å²) in [6.07, 6.45) is 1.57. The molecular formula is C7H7N3OS. The highest BCUT2D eigenvalue weighted by Gasteiger charge is 2.06. The Hall–Kier alpha value is -1.23. The van der Waals surface area contributed by atoms with Crippen LogP contribution in [0.5, 0.6) is 0 Å². The van der Waals surface area contributed by atoms with Crippen molar-refractivity contribution in [2.45, 2.75) is 6.92 Å². The first-order valence-corrected chi connectivity index (χ1v) is 3.86. The van der Waals surface area contributed by atoms with Crippen molar-refractivity contribution in [1.82, 2.24) is 13.9 Å². The molecule has 0 bridgehead atoms. The number of aryl methyl sites for hydroxylation is 1. The fraction of sp³-hybridized carbons (Fsp3) is 0.143. The number of pyridine rings is 1. The van der Waals surface area contributed by atoms with E-state index in [9.17, 15) is 4.79 Å². The van der Waals surface area contributed by atoms with Crippen molar-refractivity contribution in [3.8, 4) is 0 Å². The first kappa shape index (κ1) is 7.42. The summed E-state index contributed by atoms with van der Waals surface area (Å²) in [6, 6.07) is 1.75. The van der Waals surface area contributed by atoms with Crippen LogP contribution in [-0.2, 0) is 0 Å². The third-order valence-electron chi connectivity index (χ3n) is 1.71. The maximum absolute atomic E-state index is 11.2. The number of thiol groups is 1. The summed E-state index contributed by atoms with van der Waals surface area (Å²) in [5, 5.41) is 0. The zero-order chi connectivity index (χ0) is 8.72. The average Bonchev–Trinajstić information content (AvgIpc) is 2.29. The quantitative estimate of drug-likeness (QED) is 0.588. The second-order valence-corrected chi connectivity index (χ2v) is 2.91. The van der Waals surface area contributed by atoms with Crippen molar-refractivity contribution in [3.63, 3.8) is 0 Å². The fourth-order valence-corrected chi connectivity index (χ4v) is 1.38. The lowest BCUT2D eigenvalue weighted by molar-refractivity contribution is 1.12. The minimum absolute atomic E-state index is 0.164. The number of aromatic nitrogens is 3. The van der Waals surface area contributed by atoms with E-state index in [1.165, 1.54) is 3.97 Å². The molecule has 2 heterocycles. The van der Waals surface area contributed by atoms with Gasteiger partial charge in [0.15, 0.2) is 0 Å². The molecule has 5 heteroatoms. The molecule has 0 radical (unpaired) electrons. The molecule has 0 unspecified atom stereocenters. The molecule has 0 saturated heterocycles. The smallest absolute Gasteiger partial charge is 0.275 e. The van der Waals surface area contributed by atoms with Gasteiger partial charge in [0, 0.05) is 6.20 Å². The summed E-state index contributed by atoms with van der Waals surface area (Å²) in [5.41, 5.74) is 1.01. The highest BCUT2D eigenvalue weighted by atomic mass is 32.1. The SMILES string of the molecule is Cc1nc2cc[nH]c(=O)c2n1S. The van der Waals surface area contributed by atoms with Gasteiger partial charge in [0.2, 0.25) is 0 Å². The molecule has 62 valence electrons. The second kappa shape index (κ2) is 2.38. The van der Waals surface area contributed by atoms with Crippen LogP contribution in [0.15, 0.2) is 17.1 Å². The van der Waals surface area contributed by atoms with Crippen molar-refractivity contribution in [3.05, 3.63) is 28.4 Å². The predicted molar refractivity (Wildman–Crippen MR) is 49.5 cm³/mol. The van der Waals surface area contributed by atoms with Gasteiger partial charge in [-0.25, -0.2) is 4.98 Å². The molecule has 0 aliphatic rings. The zero-order valence-electron chi connectivity index (χ0n) is 6.40. The van der Waals surface area contributed by atoms with E-state index >= 15 is 0 Å². The Morgan fingerprint density at radius 3 is 3.08 bits per heavy atom. The Morgan fingerprint density at radius 2 is 2.42 bits per heavy atom. The molecule has 0 spiro atoms. The molecule has 4 nitrogen and oxygen atoms in total. The third-order valence-corrected chi connectivity index (χ3v) is 2.20. The number of hydrogen-bond acceptors (Lipinski definition) is 3. The van der Waals surface area contributed by atoms with E-state index in [1.54, 1.807) is 19.2 Å². The Balaban J connectivity index is 3.07.